The van der Waals surface area contributed by atoms with Crippen LogP contribution in [-0.2, 0) is 4.74 Å². The molecular weight excluding hydrogens is 317 g/mol. The van der Waals surface area contributed by atoms with Gasteiger partial charge in [0, 0.05) is 6.54 Å². The molecule has 0 aliphatic carbocycles. The third-order valence-electron chi connectivity index (χ3n) is 2.42. The van der Waals surface area contributed by atoms with Crippen molar-refractivity contribution >= 4 is 28.7 Å². The minimum absolute atomic E-state index is 0.250. The number of ether oxygens (including phenoxy) is 1. The largest absolute Gasteiger partial charge is 0.445 e. The van der Waals surface area contributed by atoms with Crippen molar-refractivity contribution in [2.45, 2.75) is 20.3 Å². The van der Waals surface area contributed by atoms with E-state index in [0.29, 0.717) is 18.4 Å². The molecule has 1 amide bonds. The first-order valence-corrected chi connectivity index (χ1v) is 6.40. The lowest BCUT2D eigenvalue weighted by atomic mass is 9.93. The van der Waals surface area contributed by atoms with Crippen molar-refractivity contribution in [2.24, 2.45) is 11.8 Å². The Hall–Kier alpha value is -0.520. The minimum atomic E-state index is -0.382. The Bertz CT molecular complexity index is 253. The second-order valence-corrected chi connectivity index (χ2v) is 5.47. The van der Waals surface area contributed by atoms with Gasteiger partial charge in [-0.2, -0.15) is 0 Å². The fourth-order valence-corrected chi connectivity index (χ4v) is 1.88. The molecule has 0 saturated heterocycles. The average Bonchev–Trinajstić information content (AvgIpc) is 2.21. The standard InChI is InChI=1S/C12H20INO2/c1-5-6-16-12(15)14-8-10(3)9(2)7-11(4)13/h5,9-10H,1,4,6-8H2,2-3H3,(H,14,15)/t9-,10-/m0/s1. The summed E-state index contributed by atoms with van der Waals surface area (Å²) in [6.45, 7) is 12.5. The molecule has 1 N–H and O–H groups in total. The van der Waals surface area contributed by atoms with Crippen LogP contribution in [0.15, 0.2) is 22.8 Å². The van der Waals surface area contributed by atoms with Crippen LogP contribution >= 0.6 is 22.6 Å². The lowest BCUT2D eigenvalue weighted by Crippen LogP contribution is -2.31. The van der Waals surface area contributed by atoms with Crippen molar-refractivity contribution in [1.82, 2.24) is 5.32 Å². The normalized spacial score (nSPS) is 13.7. The van der Waals surface area contributed by atoms with E-state index in [2.05, 4.69) is 54.9 Å². The highest BCUT2D eigenvalue weighted by molar-refractivity contribution is 14.1. The van der Waals surface area contributed by atoms with Gasteiger partial charge >= 0.3 is 6.09 Å². The van der Waals surface area contributed by atoms with Gasteiger partial charge in [0.05, 0.1) is 0 Å². The first-order chi connectivity index (χ1) is 7.47. The summed E-state index contributed by atoms with van der Waals surface area (Å²) in [5.74, 6) is 0.909. The van der Waals surface area contributed by atoms with Gasteiger partial charge in [0.15, 0.2) is 0 Å². The van der Waals surface area contributed by atoms with Crippen LogP contribution in [0.3, 0.4) is 0 Å². The summed E-state index contributed by atoms with van der Waals surface area (Å²) in [6.07, 6.45) is 2.14. The molecule has 0 heterocycles. The van der Waals surface area contributed by atoms with E-state index in [0.717, 1.165) is 10.0 Å². The summed E-state index contributed by atoms with van der Waals surface area (Å²) in [5.41, 5.74) is 0. The maximum atomic E-state index is 11.2. The topological polar surface area (TPSA) is 38.3 Å². The smallest absolute Gasteiger partial charge is 0.407 e. The molecule has 0 aromatic rings. The van der Waals surface area contributed by atoms with Crippen LogP contribution in [0.1, 0.15) is 20.3 Å². The number of allylic oxidation sites excluding steroid dienone is 1. The first kappa shape index (κ1) is 15.5. The molecule has 0 radical (unpaired) electrons. The van der Waals surface area contributed by atoms with Crippen LogP contribution in [-0.4, -0.2) is 19.2 Å². The fourth-order valence-electron chi connectivity index (χ4n) is 1.18. The minimum Gasteiger partial charge on any atom is -0.445 e. The molecule has 0 aromatic carbocycles. The molecule has 0 rings (SSSR count). The Morgan fingerprint density at radius 2 is 2.12 bits per heavy atom. The average molecular weight is 337 g/mol. The number of carbonyl (C=O) groups excluding carboxylic acids is 1. The Balaban J connectivity index is 3.78. The highest BCUT2D eigenvalue weighted by Gasteiger charge is 2.13. The van der Waals surface area contributed by atoms with Crippen LogP contribution in [0.2, 0.25) is 0 Å². The van der Waals surface area contributed by atoms with Crippen LogP contribution in [0.4, 0.5) is 4.79 Å². The zero-order chi connectivity index (χ0) is 12.6. The number of halogens is 1. The zero-order valence-electron chi connectivity index (χ0n) is 9.96. The summed E-state index contributed by atoms with van der Waals surface area (Å²) in [4.78, 5) is 11.2. The molecule has 4 heteroatoms. The molecule has 0 aliphatic heterocycles. The number of nitrogens with one attached hydrogen (secondary N) is 1. The van der Waals surface area contributed by atoms with E-state index in [1.54, 1.807) is 6.08 Å². The first-order valence-electron chi connectivity index (χ1n) is 5.32. The van der Waals surface area contributed by atoms with E-state index < -0.39 is 0 Å². The van der Waals surface area contributed by atoms with Crippen molar-refractivity contribution in [3.05, 3.63) is 22.8 Å². The molecule has 0 aromatic heterocycles. The maximum absolute atomic E-state index is 11.2. The Morgan fingerprint density at radius 3 is 2.62 bits per heavy atom. The van der Waals surface area contributed by atoms with Crippen LogP contribution in [0.5, 0.6) is 0 Å². The van der Waals surface area contributed by atoms with Crippen molar-refractivity contribution in [2.75, 3.05) is 13.2 Å². The number of alkyl carbamates (subject to hydrolysis) is 1. The van der Waals surface area contributed by atoms with Crippen molar-refractivity contribution in [1.29, 1.82) is 0 Å². The van der Waals surface area contributed by atoms with E-state index in [4.69, 9.17) is 4.74 Å². The summed E-state index contributed by atoms with van der Waals surface area (Å²) in [6, 6.07) is 0. The molecular formula is C12H20INO2. The Labute approximate surface area is 111 Å². The zero-order valence-corrected chi connectivity index (χ0v) is 12.1. The summed E-state index contributed by atoms with van der Waals surface area (Å²) in [5, 5.41) is 2.73. The molecule has 0 saturated carbocycles. The van der Waals surface area contributed by atoms with Gasteiger partial charge in [-0.1, -0.05) is 33.1 Å². The molecule has 0 fully saturated rings. The van der Waals surface area contributed by atoms with Gasteiger partial charge in [-0.15, -0.1) is 0 Å². The van der Waals surface area contributed by atoms with Crippen molar-refractivity contribution in [3.63, 3.8) is 0 Å². The monoisotopic (exact) mass is 337 g/mol. The molecule has 0 aliphatic rings. The third-order valence-corrected chi connectivity index (χ3v) is 2.86. The van der Waals surface area contributed by atoms with Crippen molar-refractivity contribution < 1.29 is 9.53 Å². The molecule has 0 spiro atoms. The molecule has 0 bridgehead atoms. The second-order valence-electron chi connectivity index (χ2n) is 3.94. The van der Waals surface area contributed by atoms with Gasteiger partial charge in [-0.05, 0) is 44.4 Å². The molecule has 16 heavy (non-hydrogen) atoms. The fraction of sp³-hybridized carbons (Fsp3) is 0.583. The summed E-state index contributed by atoms with van der Waals surface area (Å²) in [7, 11) is 0. The number of hydrogen-bond acceptors (Lipinski definition) is 2. The van der Waals surface area contributed by atoms with E-state index >= 15 is 0 Å². The molecule has 3 nitrogen and oxygen atoms in total. The van der Waals surface area contributed by atoms with Crippen molar-refractivity contribution in [3.8, 4) is 0 Å². The SMILES string of the molecule is C=CCOC(=O)NC[C@H](C)[C@@H](C)CC(=C)I. The van der Waals surface area contributed by atoms with Gasteiger partial charge in [0.1, 0.15) is 6.61 Å². The molecule has 0 unspecified atom stereocenters. The predicted octanol–water partition coefficient (Wildman–Crippen LogP) is 3.51. The van der Waals surface area contributed by atoms with E-state index in [1.165, 1.54) is 0 Å². The van der Waals surface area contributed by atoms with E-state index in [-0.39, 0.29) is 12.7 Å². The second kappa shape index (κ2) is 8.61. The number of amides is 1. The van der Waals surface area contributed by atoms with Gasteiger partial charge in [-0.3, -0.25) is 0 Å². The summed E-state index contributed by atoms with van der Waals surface area (Å²) < 4.78 is 5.96. The van der Waals surface area contributed by atoms with Gasteiger partial charge in [0.2, 0.25) is 0 Å². The lowest BCUT2D eigenvalue weighted by molar-refractivity contribution is 0.155. The van der Waals surface area contributed by atoms with Crippen LogP contribution in [0, 0.1) is 11.8 Å². The van der Waals surface area contributed by atoms with E-state index in [9.17, 15) is 4.79 Å². The third kappa shape index (κ3) is 7.73. The van der Waals surface area contributed by atoms with Gasteiger partial charge in [0.25, 0.3) is 0 Å². The molecule has 2 atom stereocenters. The maximum Gasteiger partial charge on any atom is 0.407 e. The van der Waals surface area contributed by atoms with Crippen LogP contribution in [0.25, 0.3) is 0 Å². The number of rotatable bonds is 7. The summed E-state index contributed by atoms with van der Waals surface area (Å²) >= 11 is 2.23. The number of hydrogen-bond donors (Lipinski definition) is 1. The molecule has 92 valence electrons. The van der Waals surface area contributed by atoms with E-state index in [1.807, 2.05) is 0 Å². The quantitative estimate of drug-likeness (QED) is 0.570. The lowest BCUT2D eigenvalue weighted by Gasteiger charge is -2.19. The highest BCUT2D eigenvalue weighted by atomic mass is 127. The Morgan fingerprint density at radius 1 is 1.50 bits per heavy atom. The van der Waals surface area contributed by atoms with Gasteiger partial charge < -0.3 is 10.1 Å². The highest BCUT2D eigenvalue weighted by Crippen LogP contribution is 2.21. The Kier molecular flexibility index (Phi) is 8.33. The predicted molar refractivity (Wildman–Crippen MR) is 75.7 cm³/mol. The number of carbonyl (C=O) groups is 1. The van der Waals surface area contributed by atoms with Gasteiger partial charge in [-0.25, -0.2) is 4.79 Å². The van der Waals surface area contributed by atoms with Crippen LogP contribution < -0.4 is 5.32 Å².